The van der Waals surface area contributed by atoms with Gasteiger partial charge in [0.1, 0.15) is 5.69 Å². The smallest absolute Gasteiger partial charge is 0.213 e. The van der Waals surface area contributed by atoms with Crippen molar-refractivity contribution in [1.29, 1.82) is 0 Å². The summed E-state index contributed by atoms with van der Waals surface area (Å²) in [5.74, 6) is 0.302. The Hall–Kier alpha value is -2.67. The van der Waals surface area contributed by atoms with Crippen molar-refractivity contribution < 1.29 is 9.53 Å². The van der Waals surface area contributed by atoms with Gasteiger partial charge in [0.2, 0.25) is 11.7 Å². The minimum Gasteiger partial charge on any atom is -0.481 e. The highest BCUT2D eigenvalue weighted by atomic mass is 16.5. The molecule has 0 N–H and O–H groups in total. The van der Waals surface area contributed by atoms with Crippen LogP contribution >= 0.6 is 0 Å². The summed E-state index contributed by atoms with van der Waals surface area (Å²) >= 11 is 0. The van der Waals surface area contributed by atoms with Gasteiger partial charge in [-0.25, -0.2) is 9.83 Å². The lowest BCUT2D eigenvalue weighted by Crippen LogP contribution is -1.99. The first-order valence-corrected chi connectivity index (χ1v) is 5.36. The van der Waals surface area contributed by atoms with Gasteiger partial charge in [-0.05, 0) is 17.7 Å². The summed E-state index contributed by atoms with van der Waals surface area (Å²) in [5.41, 5.74) is 3.05. The van der Waals surface area contributed by atoms with E-state index < -0.39 is 0 Å². The Morgan fingerprint density at radius 3 is 2.67 bits per heavy atom. The lowest BCUT2D eigenvalue weighted by Gasteiger charge is -2.01. The third-order valence-corrected chi connectivity index (χ3v) is 2.96. The number of ketones is 1. The van der Waals surface area contributed by atoms with Crippen LogP contribution in [0.4, 0.5) is 5.69 Å². The van der Waals surface area contributed by atoms with Crippen LogP contribution in [0.1, 0.15) is 16.1 Å². The fraction of sp³-hybridized carbons (Fsp3) is 0.0714. The monoisotopic (exact) mass is 236 g/mol. The largest absolute Gasteiger partial charge is 0.481 e. The molecule has 86 valence electrons. The van der Waals surface area contributed by atoms with E-state index in [1.165, 1.54) is 7.11 Å². The van der Waals surface area contributed by atoms with Crippen LogP contribution in [0.3, 0.4) is 0 Å². The number of benzene rings is 1. The van der Waals surface area contributed by atoms with Gasteiger partial charge in [0.05, 0.1) is 13.7 Å². The van der Waals surface area contributed by atoms with Crippen molar-refractivity contribution >= 4 is 11.5 Å². The molecule has 18 heavy (non-hydrogen) atoms. The maximum atomic E-state index is 12.2. The molecule has 0 radical (unpaired) electrons. The van der Waals surface area contributed by atoms with Gasteiger partial charge in [0.15, 0.2) is 5.69 Å². The van der Waals surface area contributed by atoms with Crippen LogP contribution in [0.2, 0.25) is 0 Å². The van der Waals surface area contributed by atoms with Crippen LogP contribution in [-0.2, 0) is 0 Å². The Labute approximate surface area is 104 Å². The van der Waals surface area contributed by atoms with Gasteiger partial charge < -0.3 is 4.74 Å². The molecule has 0 saturated heterocycles. The molecule has 3 rings (SSSR count). The summed E-state index contributed by atoms with van der Waals surface area (Å²) in [6, 6.07) is 8.57. The standard InChI is InChI=1S/C14H8N2O2/c1-15-8-3-4-10-11(7-8)9-5-6-12(18-2)16-13(9)14(10)17/h3-7H,2H3. The first-order chi connectivity index (χ1) is 8.74. The van der Waals surface area contributed by atoms with Gasteiger partial charge in [-0.2, -0.15) is 0 Å². The Morgan fingerprint density at radius 2 is 1.94 bits per heavy atom. The second-order valence-electron chi connectivity index (χ2n) is 3.92. The average Bonchev–Trinajstić information content (AvgIpc) is 2.71. The highest BCUT2D eigenvalue weighted by molar-refractivity contribution is 6.20. The number of methoxy groups -OCH3 is 1. The zero-order chi connectivity index (χ0) is 12.7. The number of carbonyl (C=O) groups excluding carboxylic acids is 1. The molecule has 4 heteroatoms. The SMILES string of the molecule is [C-]#[N+]c1ccc2c(c1)-c1ccc(OC)nc1C2=O. The number of pyridine rings is 1. The Morgan fingerprint density at radius 1 is 1.17 bits per heavy atom. The summed E-state index contributed by atoms with van der Waals surface area (Å²) < 4.78 is 5.02. The molecular weight excluding hydrogens is 228 g/mol. The molecule has 4 nitrogen and oxygen atoms in total. The van der Waals surface area contributed by atoms with E-state index in [0.717, 1.165) is 11.1 Å². The quantitative estimate of drug-likeness (QED) is 0.610. The van der Waals surface area contributed by atoms with Gasteiger partial charge >= 0.3 is 0 Å². The number of fused-ring (bicyclic) bond motifs is 3. The predicted octanol–water partition coefficient (Wildman–Crippen LogP) is 2.85. The van der Waals surface area contributed by atoms with Crippen molar-refractivity contribution in [3.63, 3.8) is 0 Å². The number of rotatable bonds is 1. The summed E-state index contributed by atoms with van der Waals surface area (Å²) in [5, 5.41) is 0. The van der Waals surface area contributed by atoms with Crippen LogP contribution in [0.5, 0.6) is 5.88 Å². The highest BCUT2D eigenvalue weighted by Crippen LogP contribution is 2.38. The fourth-order valence-corrected chi connectivity index (χ4v) is 2.10. The summed E-state index contributed by atoms with van der Waals surface area (Å²) in [6.07, 6.45) is 0. The lowest BCUT2D eigenvalue weighted by molar-refractivity contribution is 0.103. The number of aromatic nitrogens is 1. The second kappa shape index (κ2) is 3.67. The Bertz CT molecular complexity index is 714. The predicted molar refractivity (Wildman–Crippen MR) is 65.9 cm³/mol. The number of carbonyl (C=O) groups is 1. The Balaban J connectivity index is 2.27. The molecule has 0 spiro atoms. The maximum absolute atomic E-state index is 12.2. The van der Waals surface area contributed by atoms with Gasteiger partial charge in [-0.15, -0.1) is 0 Å². The van der Waals surface area contributed by atoms with Crippen molar-refractivity contribution in [2.24, 2.45) is 0 Å². The zero-order valence-corrected chi connectivity index (χ0v) is 9.60. The topological polar surface area (TPSA) is 43.5 Å². The van der Waals surface area contributed by atoms with Crippen molar-refractivity contribution in [1.82, 2.24) is 4.98 Å². The van der Waals surface area contributed by atoms with E-state index in [1.807, 2.05) is 0 Å². The van der Waals surface area contributed by atoms with E-state index >= 15 is 0 Å². The van der Waals surface area contributed by atoms with Crippen LogP contribution in [0.15, 0.2) is 30.3 Å². The lowest BCUT2D eigenvalue weighted by atomic mass is 10.1. The summed E-state index contributed by atoms with van der Waals surface area (Å²) in [6.45, 7) is 7.01. The molecule has 0 aliphatic heterocycles. The Kier molecular flexibility index (Phi) is 2.14. The van der Waals surface area contributed by atoms with Crippen LogP contribution in [0, 0.1) is 6.57 Å². The molecule has 1 aromatic heterocycles. The van der Waals surface area contributed by atoms with Crippen LogP contribution in [0.25, 0.3) is 16.0 Å². The van der Waals surface area contributed by atoms with Crippen LogP contribution in [-0.4, -0.2) is 17.9 Å². The highest BCUT2D eigenvalue weighted by Gasteiger charge is 2.28. The van der Waals surface area contributed by atoms with E-state index in [2.05, 4.69) is 9.83 Å². The van der Waals surface area contributed by atoms with E-state index in [4.69, 9.17) is 11.3 Å². The van der Waals surface area contributed by atoms with E-state index in [-0.39, 0.29) is 5.78 Å². The third-order valence-electron chi connectivity index (χ3n) is 2.96. The summed E-state index contributed by atoms with van der Waals surface area (Å²) in [4.78, 5) is 19.7. The molecule has 0 bridgehead atoms. The zero-order valence-electron chi connectivity index (χ0n) is 9.60. The van der Waals surface area contributed by atoms with Gasteiger partial charge in [0.25, 0.3) is 0 Å². The third kappa shape index (κ3) is 1.31. The van der Waals surface area contributed by atoms with E-state index in [0.29, 0.717) is 22.8 Å². The number of hydrogen-bond acceptors (Lipinski definition) is 3. The molecule has 0 fully saturated rings. The molecule has 1 aliphatic carbocycles. The number of ether oxygens (including phenoxy) is 1. The van der Waals surface area contributed by atoms with E-state index in [9.17, 15) is 4.79 Å². The van der Waals surface area contributed by atoms with Crippen molar-refractivity contribution in [3.05, 3.63) is 53.0 Å². The average molecular weight is 236 g/mol. The molecule has 0 atom stereocenters. The van der Waals surface area contributed by atoms with Crippen molar-refractivity contribution in [3.8, 4) is 17.0 Å². The summed E-state index contributed by atoms with van der Waals surface area (Å²) in [7, 11) is 1.51. The minimum absolute atomic E-state index is 0.115. The van der Waals surface area contributed by atoms with Crippen molar-refractivity contribution in [2.75, 3.05) is 7.11 Å². The molecular formula is C14H8N2O2. The fourth-order valence-electron chi connectivity index (χ4n) is 2.10. The normalized spacial score (nSPS) is 11.7. The van der Waals surface area contributed by atoms with Gasteiger partial charge in [-0.3, -0.25) is 4.79 Å². The first-order valence-electron chi connectivity index (χ1n) is 5.36. The molecule has 1 aromatic carbocycles. The van der Waals surface area contributed by atoms with Gasteiger partial charge in [0, 0.05) is 17.2 Å². The molecule has 0 saturated carbocycles. The minimum atomic E-state index is -0.115. The molecule has 2 aromatic rings. The molecule has 1 heterocycles. The molecule has 0 amide bonds. The van der Waals surface area contributed by atoms with Crippen molar-refractivity contribution in [2.45, 2.75) is 0 Å². The van der Waals surface area contributed by atoms with E-state index in [1.54, 1.807) is 30.3 Å². The van der Waals surface area contributed by atoms with Gasteiger partial charge in [-0.1, -0.05) is 12.1 Å². The number of nitrogens with zero attached hydrogens (tertiary/aromatic N) is 2. The second-order valence-corrected chi connectivity index (χ2v) is 3.92. The van der Waals surface area contributed by atoms with Crippen LogP contribution < -0.4 is 4.74 Å². The maximum Gasteiger partial charge on any atom is 0.213 e. The number of hydrogen-bond donors (Lipinski definition) is 0. The molecule has 0 unspecified atom stereocenters. The first kappa shape index (κ1) is 10.5. The molecule has 1 aliphatic rings.